The fraction of sp³-hybridized carbons (Fsp3) is 0.200. The SMILES string of the molecule is CCOC(=O)/C=C/c1ccc(NC(=O)CCc2ccccc2)cc1. The Morgan fingerprint density at radius 2 is 1.75 bits per heavy atom. The quantitative estimate of drug-likeness (QED) is 0.622. The van der Waals surface area contributed by atoms with E-state index < -0.39 is 0 Å². The Morgan fingerprint density at radius 3 is 2.42 bits per heavy atom. The summed E-state index contributed by atoms with van der Waals surface area (Å²) in [4.78, 5) is 23.2. The number of carbonyl (C=O) groups excluding carboxylic acids is 2. The number of esters is 1. The van der Waals surface area contributed by atoms with E-state index in [4.69, 9.17) is 4.74 Å². The molecule has 0 aromatic heterocycles. The van der Waals surface area contributed by atoms with Gasteiger partial charge in [0, 0.05) is 18.2 Å². The molecule has 0 aliphatic heterocycles. The molecule has 124 valence electrons. The summed E-state index contributed by atoms with van der Waals surface area (Å²) in [5.41, 5.74) is 2.75. The van der Waals surface area contributed by atoms with Crippen LogP contribution in [0.1, 0.15) is 24.5 Å². The summed E-state index contributed by atoms with van der Waals surface area (Å²) < 4.78 is 4.82. The van der Waals surface area contributed by atoms with Crippen molar-refractivity contribution in [2.75, 3.05) is 11.9 Å². The number of ether oxygens (including phenoxy) is 1. The molecule has 24 heavy (non-hydrogen) atoms. The van der Waals surface area contributed by atoms with Crippen LogP contribution in [0.15, 0.2) is 60.7 Å². The van der Waals surface area contributed by atoms with Gasteiger partial charge in [0.1, 0.15) is 0 Å². The van der Waals surface area contributed by atoms with Gasteiger partial charge in [-0.05, 0) is 42.7 Å². The number of benzene rings is 2. The Morgan fingerprint density at radius 1 is 1.04 bits per heavy atom. The van der Waals surface area contributed by atoms with Gasteiger partial charge in [0.25, 0.3) is 0 Å². The average Bonchev–Trinajstić information content (AvgIpc) is 2.60. The summed E-state index contributed by atoms with van der Waals surface area (Å²) in [6, 6.07) is 17.2. The van der Waals surface area contributed by atoms with Gasteiger partial charge in [-0.15, -0.1) is 0 Å². The summed E-state index contributed by atoms with van der Waals surface area (Å²) in [7, 11) is 0. The van der Waals surface area contributed by atoms with Gasteiger partial charge in [-0.1, -0.05) is 42.5 Å². The molecule has 0 saturated heterocycles. The average molecular weight is 323 g/mol. The highest BCUT2D eigenvalue weighted by Gasteiger charge is 2.03. The summed E-state index contributed by atoms with van der Waals surface area (Å²) in [6.45, 7) is 2.12. The Hall–Kier alpha value is -2.88. The second kappa shape index (κ2) is 9.30. The van der Waals surface area contributed by atoms with E-state index in [2.05, 4.69) is 5.32 Å². The van der Waals surface area contributed by atoms with E-state index >= 15 is 0 Å². The van der Waals surface area contributed by atoms with Crippen molar-refractivity contribution in [2.45, 2.75) is 19.8 Å². The first-order valence-corrected chi connectivity index (χ1v) is 7.96. The lowest BCUT2D eigenvalue weighted by molar-refractivity contribution is -0.137. The standard InChI is InChI=1S/C20H21NO3/c1-2-24-20(23)15-11-17-8-12-18(13-9-17)21-19(22)14-10-16-6-4-3-5-7-16/h3-9,11-13,15H,2,10,14H2,1H3,(H,21,22)/b15-11+. The minimum absolute atomic E-state index is 0.0198. The van der Waals surface area contributed by atoms with Crippen LogP contribution in [0.4, 0.5) is 5.69 Å². The molecule has 0 bridgehead atoms. The van der Waals surface area contributed by atoms with E-state index in [0.717, 1.165) is 16.8 Å². The molecule has 0 saturated carbocycles. The zero-order valence-corrected chi connectivity index (χ0v) is 13.7. The largest absolute Gasteiger partial charge is 0.463 e. The molecule has 2 aromatic rings. The molecular weight excluding hydrogens is 302 g/mol. The van der Waals surface area contributed by atoms with Crippen molar-refractivity contribution in [3.8, 4) is 0 Å². The highest BCUT2D eigenvalue weighted by atomic mass is 16.5. The lowest BCUT2D eigenvalue weighted by Gasteiger charge is -2.06. The molecule has 2 rings (SSSR count). The highest BCUT2D eigenvalue weighted by molar-refractivity contribution is 5.91. The first kappa shape index (κ1) is 17.5. The minimum Gasteiger partial charge on any atom is -0.463 e. The smallest absolute Gasteiger partial charge is 0.330 e. The second-order valence-electron chi connectivity index (χ2n) is 5.24. The summed E-state index contributed by atoms with van der Waals surface area (Å²) >= 11 is 0. The monoisotopic (exact) mass is 323 g/mol. The third-order valence-electron chi connectivity index (χ3n) is 3.38. The van der Waals surface area contributed by atoms with Crippen LogP contribution in [0.2, 0.25) is 0 Å². The molecule has 4 heteroatoms. The molecule has 4 nitrogen and oxygen atoms in total. The third-order valence-corrected chi connectivity index (χ3v) is 3.38. The molecule has 1 amide bonds. The number of anilines is 1. The van der Waals surface area contributed by atoms with Crippen LogP contribution in [-0.2, 0) is 20.7 Å². The summed E-state index contributed by atoms with van der Waals surface area (Å²) in [6.07, 6.45) is 4.22. The minimum atomic E-state index is -0.365. The molecule has 1 N–H and O–H groups in total. The number of aryl methyl sites for hydroxylation is 1. The highest BCUT2D eigenvalue weighted by Crippen LogP contribution is 2.12. The number of nitrogens with one attached hydrogen (secondary N) is 1. The Labute approximate surface area is 142 Å². The topological polar surface area (TPSA) is 55.4 Å². The maximum Gasteiger partial charge on any atom is 0.330 e. The number of amides is 1. The molecule has 0 unspecified atom stereocenters. The fourth-order valence-electron chi connectivity index (χ4n) is 2.16. The molecule has 0 radical (unpaired) electrons. The van der Waals surface area contributed by atoms with Gasteiger partial charge in [0.05, 0.1) is 6.61 Å². The molecule has 0 spiro atoms. The van der Waals surface area contributed by atoms with Crippen molar-refractivity contribution in [3.05, 3.63) is 71.8 Å². The van der Waals surface area contributed by atoms with Crippen LogP contribution in [0, 0.1) is 0 Å². The predicted octanol–water partition coefficient (Wildman–Crippen LogP) is 3.83. The van der Waals surface area contributed by atoms with Gasteiger partial charge in [0.15, 0.2) is 0 Å². The van der Waals surface area contributed by atoms with Crippen molar-refractivity contribution in [1.29, 1.82) is 0 Å². The van der Waals surface area contributed by atoms with Gasteiger partial charge in [-0.25, -0.2) is 4.79 Å². The van der Waals surface area contributed by atoms with Crippen LogP contribution in [0.25, 0.3) is 6.08 Å². The zero-order valence-electron chi connectivity index (χ0n) is 13.7. The number of hydrogen-bond donors (Lipinski definition) is 1. The van der Waals surface area contributed by atoms with Crippen LogP contribution in [0.5, 0.6) is 0 Å². The number of carbonyl (C=O) groups is 2. The van der Waals surface area contributed by atoms with E-state index in [0.29, 0.717) is 19.4 Å². The molecule has 0 fully saturated rings. The molecular formula is C20H21NO3. The molecule has 0 heterocycles. The second-order valence-corrected chi connectivity index (χ2v) is 5.24. The van der Waals surface area contributed by atoms with Crippen molar-refractivity contribution >= 4 is 23.6 Å². The third kappa shape index (κ3) is 6.08. The van der Waals surface area contributed by atoms with Crippen LogP contribution >= 0.6 is 0 Å². The normalized spacial score (nSPS) is 10.5. The first-order valence-electron chi connectivity index (χ1n) is 7.96. The van der Waals surface area contributed by atoms with E-state index in [1.54, 1.807) is 13.0 Å². The van der Waals surface area contributed by atoms with Crippen molar-refractivity contribution in [3.63, 3.8) is 0 Å². The van der Waals surface area contributed by atoms with Crippen molar-refractivity contribution in [1.82, 2.24) is 0 Å². The molecule has 0 aliphatic carbocycles. The van der Waals surface area contributed by atoms with Gasteiger partial charge in [-0.2, -0.15) is 0 Å². The van der Waals surface area contributed by atoms with Gasteiger partial charge >= 0.3 is 5.97 Å². The Balaban J connectivity index is 1.82. The number of rotatable bonds is 7. The zero-order chi connectivity index (χ0) is 17.2. The van der Waals surface area contributed by atoms with E-state index in [9.17, 15) is 9.59 Å². The predicted molar refractivity (Wildman–Crippen MR) is 95.5 cm³/mol. The first-order chi connectivity index (χ1) is 11.7. The number of hydrogen-bond acceptors (Lipinski definition) is 3. The Kier molecular flexibility index (Phi) is 6.77. The maximum absolute atomic E-state index is 12.0. The molecule has 0 aliphatic rings. The van der Waals surface area contributed by atoms with Gasteiger partial charge in [0.2, 0.25) is 5.91 Å². The molecule has 2 aromatic carbocycles. The van der Waals surface area contributed by atoms with Crippen LogP contribution in [-0.4, -0.2) is 18.5 Å². The maximum atomic E-state index is 12.0. The lowest BCUT2D eigenvalue weighted by atomic mass is 10.1. The van der Waals surface area contributed by atoms with Gasteiger partial charge < -0.3 is 10.1 Å². The molecule has 0 atom stereocenters. The lowest BCUT2D eigenvalue weighted by Crippen LogP contribution is -2.12. The summed E-state index contributed by atoms with van der Waals surface area (Å²) in [5.74, 6) is -0.385. The van der Waals surface area contributed by atoms with E-state index in [-0.39, 0.29) is 11.9 Å². The van der Waals surface area contributed by atoms with Crippen molar-refractivity contribution in [2.24, 2.45) is 0 Å². The van der Waals surface area contributed by atoms with E-state index in [1.165, 1.54) is 6.08 Å². The van der Waals surface area contributed by atoms with Crippen LogP contribution < -0.4 is 5.32 Å². The van der Waals surface area contributed by atoms with Crippen LogP contribution in [0.3, 0.4) is 0 Å². The summed E-state index contributed by atoms with van der Waals surface area (Å²) in [5, 5.41) is 2.87. The van der Waals surface area contributed by atoms with Crippen molar-refractivity contribution < 1.29 is 14.3 Å². The van der Waals surface area contributed by atoms with Gasteiger partial charge in [-0.3, -0.25) is 4.79 Å². The Bertz CT molecular complexity index is 691. The fourth-order valence-corrected chi connectivity index (χ4v) is 2.16. The van der Waals surface area contributed by atoms with E-state index in [1.807, 2.05) is 54.6 Å².